The maximum Gasteiger partial charge on any atom is 0.194 e. The van der Waals surface area contributed by atoms with Crippen LogP contribution in [0.25, 0.3) is 11.1 Å². The number of hydrogen-bond acceptors (Lipinski definition) is 2. The molecule has 3 rings (SSSR count). The second-order valence-electron chi connectivity index (χ2n) is 6.65. The standard InChI is InChI=1S/C20H18O2Si/c1-23(2,3)18-13-12-14(21)8-4-5-10-16-15-9-6-7-11-17(15)20(22)19(16)18/h4,6-9,11-13,21H,1-3H3. The first kappa shape index (κ1) is 15.3. The van der Waals surface area contributed by atoms with Crippen molar-refractivity contribution in [2.24, 2.45) is 0 Å². The minimum atomic E-state index is -1.81. The van der Waals surface area contributed by atoms with Crippen LogP contribution in [0.2, 0.25) is 19.6 Å². The van der Waals surface area contributed by atoms with Crippen LogP contribution in [0.5, 0.6) is 5.75 Å². The zero-order chi connectivity index (χ0) is 16.6. The third-order valence-electron chi connectivity index (χ3n) is 3.95. The van der Waals surface area contributed by atoms with Crippen molar-refractivity contribution in [3.8, 4) is 16.9 Å². The van der Waals surface area contributed by atoms with Gasteiger partial charge in [0.2, 0.25) is 0 Å². The van der Waals surface area contributed by atoms with Crippen molar-refractivity contribution in [1.82, 2.24) is 0 Å². The fourth-order valence-corrected chi connectivity index (χ4v) is 4.41. The molecule has 23 heavy (non-hydrogen) atoms. The van der Waals surface area contributed by atoms with Crippen LogP contribution in [0.1, 0.15) is 15.9 Å². The van der Waals surface area contributed by atoms with Gasteiger partial charge < -0.3 is 5.11 Å². The van der Waals surface area contributed by atoms with Gasteiger partial charge in [0.25, 0.3) is 0 Å². The number of carbonyl (C=O) groups excluding carboxylic acids is 1. The fraction of sp³-hybridized carbons (Fsp3) is 0.150. The second-order valence-corrected chi connectivity index (χ2v) is 11.7. The van der Waals surface area contributed by atoms with Crippen molar-refractivity contribution in [1.29, 1.82) is 0 Å². The molecular weight excluding hydrogens is 300 g/mol. The molecule has 1 N–H and O–H groups in total. The van der Waals surface area contributed by atoms with Crippen molar-refractivity contribution in [3.63, 3.8) is 0 Å². The van der Waals surface area contributed by atoms with Crippen LogP contribution >= 0.6 is 0 Å². The molecule has 1 aliphatic carbocycles. The summed E-state index contributed by atoms with van der Waals surface area (Å²) in [6.45, 7) is 6.58. The van der Waals surface area contributed by atoms with Crippen LogP contribution in [0.15, 0.2) is 48.5 Å². The lowest BCUT2D eigenvalue weighted by Gasteiger charge is -2.18. The van der Waals surface area contributed by atoms with Gasteiger partial charge in [-0.15, -0.1) is 0 Å². The lowest BCUT2D eigenvalue weighted by atomic mass is 10.1. The summed E-state index contributed by atoms with van der Waals surface area (Å²) in [5.41, 5.74) is 3.13. The smallest absolute Gasteiger partial charge is 0.194 e. The summed E-state index contributed by atoms with van der Waals surface area (Å²) in [5.74, 6) is 0.179. The number of fused-ring (bicyclic) bond motifs is 3. The molecule has 0 amide bonds. The molecule has 2 aromatic carbocycles. The first-order valence-corrected chi connectivity index (χ1v) is 11.1. The molecular formula is C20H18O2Si. The topological polar surface area (TPSA) is 37.3 Å². The van der Waals surface area contributed by atoms with Crippen molar-refractivity contribution in [2.75, 3.05) is 0 Å². The Morgan fingerprint density at radius 3 is 2.35 bits per heavy atom. The summed E-state index contributed by atoms with van der Waals surface area (Å²) in [6, 6.07) is 20.4. The molecule has 114 valence electrons. The van der Waals surface area contributed by atoms with E-state index in [1.165, 1.54) is 0 Å². The van der Waals surface area contributed by atoms with Gasteiger partial charge in [-0.05, 0) is 23.4 Å². The molecule has 0 unspecified atom stereocenters. The summed E-state index contributed by atoms with van der Waals surface area (Å²) in [6.07, 6.45) is 0. The van der Waals surface area contributed by atoms with Gasteiger partial charge in [0.15, 0.2) is 5.78 Å². The minimum Gasteiger partial charge on any atom is -0.508 e. The van der Waals surface area contributed by atoms with Gasteiger partial charge in [0, 0.05) is 22.3 Å². The molecule has 0 fully saturated rings. The average Bonchev–Trinajstić information content (AvgIpc) is 2.77. The van der Waals surface area contributed by atoms with Gasteiger partial charge in [-0.3, -0.25) is 4.79 Å². The molecule has 0 bridgehead atoms. The number of ketones is 1. The molecule has 2 aromatic rings. The van der Waals surface area contributed by atoms with Crippen molar-refractivity contribution >= 4 is 19.0 Å². The number of benzene rings is 1. The Balaban J connectivity index is 2.47. The second kappa shape index (κ2) is 5.57. The van der Waals surface area contributed by atoms with E-state index >= 15 is 0 Å². The summed E-state index contributed by atoms with van der Waals surface area (Å²) >= 11 is 0. The van der Waals surface area contributed by atoms with E-state index in [2.05, 4.69) is 31.8 Å². The Morgan fingerprint density at radius 1 is 0.957 bits per heavy atom. The first-order chi connectivity index (χ1) is 10.9. The molecule has 0 heterocycles. The van der Waals surface area contributed by atoms with E-state index in [9.17, 15) is 9.90 Å². The van der Waals surface area contributed by atoms with Crippen LogP contribution < -0.4 is 5.19 Å². The molecule has 0 spiro atoms. The lowest BCUT2D eigenvalue weighted by molar-refractivity contribution is 0.104. The van der Waals surface area contributed by atoms with E-state index in [1.807, 2.05) is 30.3 Å². The molecule has 0 saturated heterocycles. The average molecular weight is 318 g/mol. The molecule has 1 aliphatic rings. The monoisotopic (exact) mass is 318 g/mol. The Kier molecular flexibility index (Phi) is 3.71. The van der Waals surface area contributed by atoms with Gasteiger partial charge in [-0.2, -0.15) is 0 Å². The van der Waals surface area contributed by atoms with E-state index in [4.69, 9.17) is 0 Å². The van der Waals surface area contributed by atoms with Crippen LogP contribution in [-0.4, -0.2) is 19.0 Å². The zero-order valence-electron chi connectivity index (χ0n) is 13.5. The highest BCUT2D eigenvalue weighted by Gasteiger charge is 2.32. The number of rotatable bonds is 1. The molecule has 0 radical (unpaired) electrons. The zero-order valence-corrected chi connectivity index (χ0v) is 14.5. The summed E-state index contributed by atoms with van der Waals surface area (Å²) in [7, 11) is -1.81. The Labute approximate surface area is 137 Å². The van der Waals surface area contributed by atoms with Gasteiger partial charge in [0.05, 0.1) is 8.07 Å². The number of carbonyl (C=O) groups is 1. The van der Waals surface area contributed by atoms with Gasteiger partial charge in [0.1, 0.15) is 5.75 Å². The van der Waals surface area contributed by atoms with E-state index in [1.54, 1.807) is 18.2 Å². The number of hydrogen-bond donors (Lipinski definition) is 1. The molecule has 0 aromatic heterocycles. The summed E-state index contributed by atoms with van der Waals surface area (Å²) < 4.78 is 0. The molecule has 0 atom stereocenters. The highest BCUT2D eigenvalue weighted by atomic mass is 28.3. The third-order valence-corrected chi connectivity index (χ3v) is 5.98. The SMILES string of the molecule is C[Si](C)(C)c1ccc(O)ccc#cc2c1C(=O)c1ccccc1-2. The normalized spacial score (nSPS) is 12.0. The van der Waals surface area contributed by atoms with Gasteiger partial charge in [-0.1, -0.05) is 62.1 Å². The van der Waals surface area contributed by atoms with E-state index in [-0.39, 0.29) is 11.5 Å². The molecule has 0 aliphatic heterocycles. The Hall–Kier alpha value is -2.57. The van der Waals surface area contributed by atoms with Gasteiger partial charge >= 0.3 is 0 Å². The fourth-order valence-electron chi connectivity index (χ4n) is 2.84. The largest absolute Gasteiger partial charge is 0.508 e. The quantitative estimate of drug-likeness (QED) is 0.692. The Bertz CT molecular complexity index is 846. The van der Waals surface area contributed by atoms with Crippen LogP contribution in [0, 0.1) is 12.1 Å². The highest BCUT2D eigenvalue weighted by Crippen LogP contribution is 2.34. The molecule has 0 saturated carbocycles. The first-order valence-electron chi connectivity index (χ1n) is 7.58. The van der Waals surface area contributed by atoms with Gasteiger partial charge in [-0.25, -0.2) is 0 Å². The maximum atomic E-state index is 13.0. The van der Waals surface area contributed by atoms with E-state index in [0.717, 1.165) is 16.3 Å². The summed E-state index contributed by atoms with van der Waals surface area (Å²) in [5, 5.41) is 10.9. The van der Waals surface area contributed by atoms with Crippen LogP contribution in [0.4, 0.5) is 0 Å². The van der Waals surface area contributed by atoms with Crippen molar-refractivity contribution in [2.45, 2.75) is 19.6 Å². The van der Waals surface area contributed by atoms with E-state index < -0.39 is 8.07 Å². The predicted molar refractivity (Wildman–Crippen MR) is 95.3 cm³/mol. The van der Waals surface area contributed by atoms with Crippen molar-refractivity contribution < 1.29 is 9.90 Å². The maximum absolute atomic E-state index is 13.0. The highest BCUT2D eigenvalue weighted by molar-refractivity contribution is 6.89. The molecule has 2 nitrogen and oxygen atoms in total. The Morgan fingerprint density at radius 2 is 1.65 bits per heavy atom. The third kappa shape index (κ3) is 2.74. The number of aromatic hydroxyl groups is 1. The minimum absolute atomic E-state index is 0.0380. The van der Waals surface area contributed by atoms with Crippen molar-refractivity contribution in [3.05, 3.63) is 71.8 Å². The predicted octanol–water partition coefficient (Wildman–Crippen LogP) is 3.87. The van der Waals surface area contributed by atoms with Crippen LogP contribution in [-0.2, 0) is 0 Å². The van der Waals surface area contributed by atoms with E-state index in [0.29, 0.717) is 11.1 Å². The summed E-state index contributed by atoms with van der Waals surface area (Å²) in [4.78, 5) is 13.0. The lowest BCUT2D eigenvalue weighted by Crippen LogP contribution is -2.40. The molecule has 3 heteroatoms. The van der Waals surface area contributed by atoms with Crippen LogP contribution in [0.3, 0.4) is 0 Å².